The molecule has 0 aliphatic carbocycles. The van der Waals surface area contributed by atoms with Crippen LogP contribution in [0.4, 0.5) is 18.9 Å². The van der Waals surface area contributed by atoms with Gasteiger partial charge in [-0.2, -0.15) is 18.3 Å². The first kappa shape index (κ1) is 27.5. The van der Waals surface area contributed by atoms with Crippen LogP contribution in [0.1, 0.15) is 42.7 Å². The van der Waals surface area contributed by atoms with Crippen molar-refractivity contribution in [1.29, 1.82) is 0 Å². The summed E-state index contributed by atoms with van der Waals surface area (Å²) in [5.74, 6) is -0.420. The van der Waals surface area contributed by atoms with Gasteiger partial charge in [0.05, 0.1) is 18.2 Å². The number of aliphatic hydroxyl groups excluding tert-OH is 1. The summed E-state index contributed by atoms with van der Waals surface area (Å²) < 4.78 is 46.5. The van der Waals surface area contributed by atoms with Crippen molar-refractivity contribution in [3.63, 3.8) is 0 Å². The summed E-state index contributed by atoms with van der Waals surface area (Å²) in [6, 6.07) is 18.1. The molecule has 3 atom stereocenters. The van der Waals surface area contributed by atoms with Gasteiger partial charge in [0, 0.05) is 29.9 Å². The molecule has 0 fully saturated rings. The van der Waals surface area contributed by atoms with Crippen LogP contribution in [0, 0.1) is 0 Å². The summed E-state index contributed by atoms with van der Waals surface area (Å²) in [6.45, 7) is 2.24. The van der Waals surface area contributed by atoms with Crippen LogP contribution in [-0.2, 0) is 16.6 Å². The van der Waals surface area contributed by atoms with Crippen LogP contribution in [0.2, 0.25) is 0 Å². The number of aliphatic carboxylic acids is 1. The first-order chi connectivity index (χ1) is 19.1. The number of anilines is 1. The van der Waals surface area contributed by atoms with Gasteiger partial charge in [0.25, 0.3) is 0 Å². The Kier molecular flexibility index (Phi) is 7.22. The first-order valence-corrected chi connectivity index (χ1v) is 13.1. The van der Waals surface area contributed by atoms with Crippen molar-refractivity contribution >= 4 is 22.4 Å². The maximum Gasteiger partial charge on any atom is 0.435 e. The van der Waals surface area contributed by atoms with E-state index in [1.807, 2.05) is 67.6 Å². The second-order valence-electron chi connectivity index (χ2n) is 10.1. The molecular weight excluding hydrogens is 523 g/mol. The molecule has 5 rings (SSSR count). The Morgan fingerprint density at radius 1 is 1.15 bits per heavy atom. The third kappa shape index (κ3) is 4.66. The lowest BCUT2D eigenvalue weighted by Crippen LogP contribution is -2.49. The minimum absolute atomic E-state index is 0.257. The Bertz CT molecular complexity index is 1530. The van der Waals surface area contributed by atoms with Crippen LogP contribution < -0.4 is 9.64 Å². The minimum atomic E-state index is -4.94. The number of nitrogens with zero attached hydrogens (tertiary/aromatic N) is 3. The largest absolute Gasteiger partial charge is 0.493 e. The number of carbonyl (C=O) groups is 1. The van der Waals surface area contributed by atoms with E-state index < -0.39 is 29.8 Å². The van der Waals surface area contributed by atoms with E-state index in [1.165, 1.54) is 6.20 Å². The number of carboxylic acid groups (broad SMARTS) is 1. The highest BCUT2D eigenvalue weighted by atomic mass is 19.4. The molecule has 3 unspecified atom stereocenters. The summed E-state index contributed by atoms with van der Waals surface area (Å²) in [5.41, 5.74) is 1.40. The van der Waals surface area contributed by atoms with Crippen LogP contribution in [-0.4, -0.2) is 51.8 Å². The number of hydrogen-bond acceptors (Lipinski definition) is 5. The fourth-order valence-corrected chi connectivity index (χ4v) is 5.90. The quantitative estimate of drug-likeness (QED) is 0.259. The number of benzene rings is 3. The van der Waals surface area contributed by atoms with E-state index >= 15 is 0 Å². The van der Waals surface area contributed by atoms with Crippen LogP contribution in [0.25, 0.3) is 10.8 Å². The van der Waals surface area contributed by atoms with Crippen LogP contribution >= 0.6 is 0 Å². The van der Waals surface area contributed by atoms with E-state index in [0.29, 0.717) is 34.5 Å². The van der Waals surface area contributed by atoms with Gasteiger partial charge in [0.15, 0.2) is 0 Å². The number of aromatic nitrogens is 2. The highest BCUT2D eigenvalue weighted by Crippen LogP contribution is 2.52. The van der Waals surface area contributed by atoms with E-state index in [4.69, 9.17) is 4.74 Å². The minimum Gasteiger partial charge on any atom is -0.493 e. The predicted octanol–water partition coefficient (Wildman–Crippen LogP) is 5.70. The van der Waals surface area contributed by atoms with E-state index in [0.717, 1.165) is 22.5 Å². The van der Waals surface area contributed by atoms with Gasteiger partial charge in [0.2, 0.25) is 6.23 Å². The van der Waals surface area contributed by atoms with Crippen molar-refractivity contribution < 1.29 is 32.9 Å². The first-order valence-electron chi connectivity index (χ1n) is 13.1. The Morgan fingerprint density at radius 3 is 2.62 bits per heavy atom. The average Bonchev–Trinajstić information content (AvgIpc) is 3.52. The molecule has 10 heteroatoms. The van der Waals surface area contributed by atoms with Crippen molar-refractivity contribution in [2.24, 2.45) is 0 Å². The van der Waals surface area contributed by atoms with Gasteiger partial charge < -0.3 is 19.8 Å². The van der Waals surface area contributed by atoms with Crippen molar-refractivity contribution in [2.45, 2.75) is 50.0 Å². The van der Waals surface area contributed by atoms with Gasteiger partial charge in [-0.05, 0) is 47.9 Å². The Hall–Kier alpha value is -4.05. The molecule has 1 aromatic heterocycles. The number of aliphatic hydroxyl groups is 1. The molecule has 4 aromatic rings. The van der Waals surface area contributed by atoms with Crippen molar-refractivity contribution in [3.05, 3.63) is 89.7 Å². The number of rotatable bonds is 9. The van der Waals surface area contributed by atoms with Crippen molar-refractivity contribution in [1.82, 2.24) is 9.78 Å². The number of likely N-dealkylation sites (N-methyl/N-ethyl adjacent to an activating group) is 1. The Balaban J connectivity index is 1.55. The summed E-state index contributed by atoms with van der Waals surface area (Å²) in [6.07, 6.45) is -4.08. The normalized spacial score (nSPS) is 19.6. The molecular formula is C30H30F3N3O4. The molecule has 1 aliphatic heterocycles. The smallest absolute Gasteiger partial charge is 0.435 e. The third-order valence-electron chi connectivity index (χ3n) is 7.80. The number of aryl methyl sites for hydroxylation is 1. The fraction of sp³-hybridized carbons (Fsp3) is 0.333. The van der Waals surface area contributed by atoms with Crippen molar-refractivity contribution in [2.75, 3.05) is 18.6 Å². The molecule has 210 valence electrons. The average molecular weight is 554 g/mol. The molecule has 0 spiro atoms. The van der Waals surface area contributed by atoms with E-state index in [2.05, 4.69) is 5.10 Å². The maximum atomic E-state index is 13.3. The number of fused-ring (bicyclic) bond motifs is 2. The zero-order valence-electron chi connectivity index (χ0n) is 22.1. The zero-order valence-corrected chi connectivity index (χ0v) is 22.1. The van der Waals surface area contributed by atoms with Crippen LogP contribution in [0.5, 0.6) is 5.75 Å². The SMILES string of the molecule is CCc1ccc2c(c1)C(CCCOc1cccc3ccccc13)(c1cnn(C(O)C(F)(F)F)c1)C(C(=O)O)N2C. The molecule has 7 nitrogen and oxygen atoms in total. The highest BCUT2D eigenvalue weighted by Gasteiger charge is 2.55. The lowest BCUT2D eigenvalue weighted by atomic mass is 9.68. The van der Waals surface area contributed by atoms with Crippen LogP contribution in [0.15, 0.2) is 73.1 Å². The third-order valence-corrected chi connectivity index (χ3v) is 7.80. The molecule has 0 saturated heterocycles. The molecule has 2 N–H and O–H groups in total. The lowest BCUT2D eigenvalue weighted by Gasteiger charge is -2.35. The van der Waals surface area contributed by atoms with Crippen LogP contribution in [0.3, 0.4) is 0 Å². The van der Waals surface area contributed by atoms with Crippen molar-refractivity contribution in [3.8, 4) is 5.75 Å². The van der Waals surface area contributed by atoms with Gasteiger partial charge in [0.1, 0.15) is 11.8 Å². The molecule has 0 amide bonds. The standard InChI is InChI=1S/C30H30F3N3O4/c1-3-19-12-13-24-23(16-19)29(26(27(37)38)35(24)2,21-17-34-36(18-21)28(39)30(31,32)33)14-7-15-40-25-11-6-9-20-8-4-5-10-22(20)25/h4-6,8-13,16-18,26,28,39H,3,7,14-15H2,1-2H3,(H,37,38). The Morgan fingerprint density at radius 2 is 1.90 bits per heavy atom. The number of alkyl halides is 3. The van der Waals surface area contributed by atoms with Gasteiger partial charge in [-0.1, -0.05) is 55.5 Å². The molecule has 3 aromatic carbocycles. The van der Waals surface area contributed by atoms with E-state index in [9.17, 15) is 28.2 Å². The Labute approximate surface area is 229 Å². The topological polar surface area (TPSA) is 87.8 Å². The van der Waals surface area contributed by atoms with Gasteiger partial charge >= 0.3 is 12.1 Å². The number of hydrogen-bond donors (Lipinski definition) is 2. The molecule has 2 heterocycles. The molecule has 0 radical (unpaired) electrons. The molecule has 0 bridgehead atoms. The number of carboxylic acids is 1. The predicted molar refractivity (Wildman–Crippen MR) is 145 cm³/mol. The zero-order chi connectivity index (χ0) is 28.7. The summed E-state index contributed by atoms with van der Waals surface area (Å²) in [5, 5.41) is 26.1. The van der Waals surface area contributed by atoms with E-state index in [1.54, 1.807) is 11.9 Å². The molecule has 1 aliphatic rings. The summed E-state index contributed by atoms with van der Waals surface area (Å²) in [4.78, 5) is 14.4. The van der Waals surface area contributed by atoms with Gasteiger partial charge in [-0.15, -0.1) is 0 Å². The monoisotopic (exact) mass is 553 g/mol. The van der Waals surface area contributed by atoms with Gasteiger partial charge in [-0.25, -0.2) is 9.48 Å². The summed E-state index contributed by atoms with van der Waals surface area (Å²) in [7, 11) is 1.67. The second kappa shape index (κ2) is 10.5. The summed E-state index contributed by atoms with van der Waals surface area (Å²) >= 11 is 0. The number of halogens is 3. The molecule has 0 saturated carbocycles. The maximum absolute atomic E-state index is 13.3. The number of ether oxygens (including phenoxy) is 1. The fourth-order valence-electron chi connectivity index (χ4n) is 5.90. The second-order valence-corrected chi connectivity index (χ2v) is 10.1. The van der Waals surface area contributed by atoms with Gasteiger partial charge in [-0.3, -0.25) is 0 Å². The lowest BCUT2D eigenvalue weighted by molar-refractivity contribution is -0.235. The highest BCUT2D eigenvalue weighted by molar-refractivity contribution is 5.88. The van der Waals surface area contributed by atoms with E-state index in [-0.39, 0.29) is 18.6 Å². The molecule has 40 heavy (non-hydrogen) atoms.